The third-order valence-electron chi connectivity index (χ3n) is 1.77. The Kier molecular flexibility index (Phi) is 3.34. The number of ether oxygens (including phenoxy) is 1. The van der Waals surface area contributed by atoms with Crippen molar-refractivity contribution in [1.29, 1.82) is 0 Å². The lowest BCUT2D eigenvalue weighted by Crippen LogP contribution is -2.19. The third-order valence-corrected chi connectivity index (χ3v) is 1.77. The fourth-order valence-corrected chi connectivity index (χ4v) is 1.04. The average Bonchev–Trinajstić information content (AvgIpc) is 2.14. The Labute approximate surface area is 84.7 Å². The van der Waals surface area contributed by atoms with Crippen LogP contribution in [0.1, 0.15) is 15.9 Å². The maximum atomic E-state index is 11.8. The lowest BCUT2D eigenvalue weighted by molar-refractivity contribution is -0.153. The summed E-state index contributed by atoms with van der Waals surface area (Å²) in [6.45, 7) is 0.303. The fourth-order valence-electron chi connectivity index (χ4n) is 1.04. The molecule has 82 valence electrons. The number of carbonyl (C=O) groups is 1. The largest absolute Gasteiger partial charge is 0.484 e. The Balaban J connectivity index is 2.72. The van der Waals surface area contributed by atoms with Crippen molar-refractivity contribution >= 4 is 6.29 Å². The van der Waals surface area contributed by atoms with E-state index in [1.807, 2.05) is 0 Å². The van der Waals surface area contributed by atoms with Crippen LogP contribution in [0.4, 0.5) is 13.2 Å². The number of aryl methyl sites for hydroxylation is 1. The van der Waals surface area contributed by atoms with Crippen molar-refractivity contribution in [1.82, 2.24) is 0 Å². The maximum Gasteiger partial charge on any atom is 0.422 e. The van der Waals surface area contributed by atoms with Crippen molar-refractivity contribution in [3.63, 3.8) is 0 Å². The van der Waals surface area contributed by atoms with E-state index in [1.54, 1.807) is 6.92 Å². The van der Waals surface area contributed by atoms with Gasteiger partial charge in [0.25, 0.3) is 0 Å². The number of hydrogen-bond acceptors (Lipinski definition) is 2. The molecule has 0 N–H and O–H groups in total. The van der Waals surface area contributed by atoms with Gasteiger partial charge in [-0.05, 0) is 30.7 Å². The van der Waals surface area contributed by atoms with E-state index in [4.69, 9.17) is 0 Å². The van der Waals surface area contributed by atoms with E-state index >= 15 is 0 Å². The standard InChI is InChI=1S/C10H9F3O2/c1-7-4-9(3-2-8(7)5-14)15-6-10(11,12)13/h2-5H,6H2,1H3. The molecule has 0 spiro atoms. The molecule has 0 atom stereocenters. The molecule has 0 aliphatic rings. The molecule has 1 rings (SSSR count). The van der Waals surface area contributed by atoms with Crippen molar-refractivity contribution in [2.45, 2.75) is 13.1 Å². The van der Waals surface area contributed by atoms with Gasteiger partial charge >= 0.3 is 6.18 Å². The topological polar surface area (TPSA) is 26.3 Å². The summed E-state index contributed by atoms with van der Waals surface area (Å²) in [7, 11) is 0. The van der Waals surface area contributed by atoms with Gasteiger partial charge in [0.2, 0.25) is 0 Å². The van der Waals surface area contributed by atoms with Gasteiger partial charge in [0.05, 0.1) is 0 Å². The fraction of sp³-hybridized carbons (Fsp3) is 0.300. The molecule has 1 aromatic carbocycles. The summed E-state index contributed by atoms with van der Waals surface area (Å²) in [5, 5.41) is 0. The van der Waals surface area contributed by atoms with E-state index in [1.165, 1.54) is 18.2 Å². The van der Waals surface area contributed by atoms with Crippen LogP contribution in [-0.4, -0.2) is 19.1 Å². The third kappa shape index (κ3) is 3.61. The molecule has 0 aliphatic heterocycles. The first-order chi connectivity index (χ1) is 6.92. The van der Waals surface area contributed by atoms with Crippen molar-refractivity contribution in [3.05, 3.63) is 29.3 Å². The number of halogens is 3. The van der Waals surface area contributed by atoms with Gasteiger partial charge in [0.15, 0.2) is 6.61 Å². The quantitative estimate of drug-likeness (QED) is 0.729. The van der Waals surface area contributed by atoms with Gasteiger partial charge in [-0.25, -0.2) is 0 Å². The molecule has 0 saturated carbocycles. The van der Waals surface area contributed by atoms with E-state index in [0.29, 0.717) is 17.4 Å². The van der Waals surface area contributed by atoms with Gasteiger partial charge in [0, 0.05) is 5.56 Å². The first kappa shape index (κ1) is 11.6. The minimum atomic E-state index is -4.35. The first-order valence-corrected chi connectivity index (χ1v) is 4.18. The summed E-state index contributed by atoms with van der Waals surface area (Å²) in [5.41, 5.74) is 1.03. The van der Waals surface area contributed by atoms with Crippen LogP contribution >= 0.6 is 0 Å². The lowest BCUT2D eigenvalue weighted by Gasteiger charge is -2.09. The predicted octanol–water partition coefficient (Wildman–Crippen LogP) is 2.75. The Morgan fingerprint density at radius 1 is 1.40 bits per heavy atom. The molecule has 2 nitrogen and oxygen atoms in total. The molecule has 15 heavy (non-hydrogen) atoms. The zero-order chi connectivity index (χ0) is 11.5. The monoisotopic (exact) mass is 218 g/mol. The summed E-state index contributed by atoms with van der Waals surface area (Å²) in [6, 6.07) is 4.16. The van der Waals surface area contributed by atoms with Gasteiger partial charge in [-0.15, -0.1) is 0 Å². The van der Waals surface area contributed by atoms with Crippen LogP contribution in [-0.2, 0) is 0 Å². The Hall–Kier alpha value is -1.52. The van der Waals surface area contributed by atoms with E-state index in [0.717, 1.165) is 0 Å². The zero-order valence-electron chi connectivity index (χ0n) is 7.97. The van der Waals surface area contributed by atoms with Crippen LogP contribution < -0.4 is 4.74 Å². The van der Waals surface area contributed by atoms with Gasteiger partial charge in [-0.3, -0.25) is 4.79 Å². The number of aldehydes is 1. The van der Waals surface area contributed by atoms with Crippen molar-refractivity contribution in [3.8, 4) is 5.75 Å². The highest BCUT2D eigenvalue weighted by atomic mass is 19.4. The smallest absolute Gasteiger partial charge is 0.422 e. The predicted molar refractivity (Wildman–Crippen MR) is 48.1 cm³/mol. The van der Waals surface area contributed by atoms with Crippen LogP contribution in [0.25, 0.3) is 0 Å². The van der Waals surface area contributed by atoms with Crippen LogP contribution in [0.3, 0.4) is 0 Å². The second-order valence-electron chi connectivity index (χ2n) is 3.04. The van der Waals surface area contributed by atoms with Crippen molar-refractivity contribution in [2.75, 3.05) is 6.61 Å². The molecular formula is C10H9F3O2. The minimum Gasteiger partial charge on any atom is -0.484 e. The number of alkyl halides is 3. The number of rotatable bonds is 3. The maximum absolute atomic E-state index is 11.8. The SMILES string of the molecule is Cc1cc(OCC(F)(F)F)ccc1C=O. The minimum absolute atomic E-state index is 0.107. The van der Waals surface area contributed by atoms with Gasteiger partial charge in [-0.1, -0.05) is 0 Å². The molecule has 0 aliphatic carbocycles. The highest BCUT2D eigenvalue weighted by Gasteiger charge is 2.28. The highest BCUT2D eigenvalue weighted by molar-refractivity contribution is 5.77. The number of hydrogen-bond donors (Lipinski definition) is 0. The van der Waals surface area contributed by atoms with Crippen LogP contribution in [0.5, 0.6) is 5.75 Å². The molecule has 1 aromatic rings. The Morgan fingerprint density at radius 3 is 2.53 bits per heavy atom. The summed E-state index contributed by atoms with van der Waals surface area (Å²) in [6.07, 6.45) is -3.71. The van der Waals surface area contributed by atoms with E-state index in [2.05, 4.69) is 4.74 Å². The van der Waals surface area contributed by atoms with Crippen LogP contribution in [0.15, 0.2) is 18.2 Å². The molecule has 0 bridgehead atoms. The second-order valence-corrected chi connectivity index (χ2v) is 3.04. The summed E-state index contributed by atoms with van der Waals surface area (Å²) < 4.78 is 39.9. The Morgan fingerprint density at radius 2 is 2.07 bits per heavy atom. The Bertz CT molecular complexity index is 358. The van der Waals surface area contributed by atoms with Crippen molar-refractivity contribution < 1.29 is 22.7 Å². The number of carbonyl (C=O) groups excluding carboxylic acids is 1. The summed E-state index contributed by atoms with van der Waals surface area (Å²) in [4.78, 5) is 10.4. The second kappa shape index (κ2) is 4.33. The summed E-state index contributed by atoms with van der Waals surface area (Å²) >= 11 is 0. The van der Waals surface area contributed by atoms with E-state index in [-0.39, 0.29) is 5.75 Å². The molecular weight excluding hydrogens is 209 g/mol. The normalized spacial score (nSPS) is 11.2. The average molecular weight is 218 g/mol. The van der Waals surface area contributed by atoms with E-state index in [9.17, 15) is 18.0 Å². The molecule has 0 saturated heterocycles. The molecule has 0 unspecified atom stereocenters. The van der Waals surface area contributed by atoms with E-state index < -0.39 is 12.8 Å². The van der Waals surface area contributed by atoms with Crippen LogP contribution in [0.2, 0.25) is 0 Å². The summed E-state index contributed by atoms with van der Waals surface area (Å²) in [5.74, 6) is 0.107. The molecule has 0 fully saturated rings. The molecule has 0 heterocycles. The molecule has 5 heteroatoms. The first-order valence-electron chi connectivity index (χ1n) is 4.18. The zero-order valence-corrected chi connectivity index (χ0v) is 7.97. The molecule has 0 aromatic heterocycles. The van der Waals surface area contributed by atoms with Gasteiger partial charge in [-0.2, -0.15) is 13.2 Å². The van der Waals surface area contributed by atoms with Gasteiger partial charge < -0.3 is 4.74 Å². The highest BCUT2D eigenvalue weighted by Crippen LogP contribution is 2.20. The lowest BCUT2D eigenvalue weighted by atomic mass is 10.1. The van der Waals surface area contributed by atoms with Crippen molar-refractivity contribution in [2.24, 2.45) is 0 Å². The van der Waals surface area contributed by atoms with Crippen LogP contribution in [0, 0.1) is 6.92 Å². The number of benzene rings is 1. The molecule has 0 radical (unpaired) electrons. The van der Waals surface area contributed by atoms with Gasteiger partial charge in [0.1, 0.15) is 12.0 Å². The molecule has 0 amide bonds.